The van der Waals surface area contributed by atoms with Crippen LogP contribution in [-0.2, 0) is 14.2 Å². The normalized spacial score (nSPS) is 17.7. The summed E-state index contributed by atoms with van der Waals surface area (Å²) < 4.78 is 18.2. The fourth-order valence-electron chi connectivity index (χ4n) is 8.98. The van der Waals surface area contributed by atoms with Gasteiger partial charge in [0.15, 0.2) is 0 Å². The first-order chi connectivity index (χ1) is 35.5. The van der Waals surface area contributed by atoms with Crippen molar-refractivity contribution < 1.29 is 14.2 Å². The second-order valence-corrected chi connectivity index (χ2v) is 17.6. The van der Waals surface area contributed by atoms with Gasteiger partial charge in [0, 0.05) is 150 Å². The van der Waals surface area contributed by atoms with E-state index in [0.717, 1.165) is 0 Å². The van der Waals surface area contributed by atoms with Crippen molar-refractivity contribution in [2.45, 2.75) is 56.7 Å². The maximum Gasteiger partial charge on any atom is 0.134 e. The molecule has 0 aromatic heterocycles. The molecular formula is C51H69N19O3. The van der Waals surface area contributed by atoms with Crippen LogP contribution in [0.2, 0.25) is 0 Å². The average molecular weight is 996 g/mol. The van der Waals surface area contributed by atoms with Gasteiger partial charge in [0.1, 0.15) is 71.3 Å². The summed E-state index contributed by atoms with van der Waals surface area (Å²) in [6, 6.07) is 18.1. The number of hydrogen-bond donors (Lipinski definition) is 6. The molecule has 3 rings (SSSR count). The van der Waals surface area contributed by atoms with Crippen LogP contribution in [0.5, 0.6) is 0 Å². The fourth-order valence-corrected chi connectivity index (χ4v) is 8.98. The lowest BCUT2D eigenvalue weighted by Gasteiger charge is -2.34. The lowest BCUT2D eigenvalue weighted by molar-refractivity contribution is 0.0549. The van der Waals surface area contributed by atoms with Crippen molar-refractivity contribution in [2.24, 2.45) is 17.2 Å². The Bertz CT molecular complexity index is 2160. The summed E-state index contributed by atoms with van der Waals surface area (Å²) in [7, 11) is 5.78. The molecular weight excluding hydrogens is 927 g/mol. The van der Waals surface area contributed by atoms with Gasteiger partial charge in [-0.15, -0.1) is 0 Å². The predicted octanol–water partition coefficient (Wildman–Crippen LogP) is 0.630. The van der Waals surface area contributed by atoms with Crippen LogP contribution in [0.15, 0.2) is 67.2 Å². The van der Waals surface area contributed by atoms with Crippen LogP contribution in [0.25, 0.3) is 0 Å². The van der Waals surface area contributed by atoms with Gasteiger partial charge < -0.3 is 62.1 Å². The number of nitrogens with zero attached hydrogens (tertiary/aromatic N) is 13. The highest BCUT2D eigenvalue weighted by Crippen LogP contribution is 2.35. The highest BCUT2D eigenvalue weighted by molar-refractivity contribution is 5.59. The zero-order valence-electron chi connectivity index (χ0n) is 42.5. The Labute approximate surface area is 430 Å². The number of rotatable bonds is 30. The van der Waals surface area contributed by atoms with Crippen molar-refractivity contribution in [1.82, 2.24) is 35.6 Å². The molecule has 0 fully saturated rings. The van der Waals surface area contributed by atoms with Crippen LogP contribution in [-0.4, -0.2) is 177 Å². The van der Waals surface area contributed by atoms with Gasteiger partial charge in [0.05, 0.1) is 56.4 Å². The Morgan fingerprint density at radius 1 is 0.425 bits per heavy atom. The van der Waals surface area contributed by atoms with E-state index in [0.29, 0.717) is 207 Å². The Morgan fingerprint density at radius 3 is 0.904 bits per heavy atom. The van der Waals surface area contributed by atoms with Gasteiger partial charge in [-0.2, -0.15) is 47.4 Å². The fraction of sp³-hybridized carbons (Fsp3) is 0.588. The molecule has 73 heavy (non-hydrogen) atoms. The van der Waals surface area contributed by atoms with Crippen molar-refractivity contribution in [3.63, 3.8) is 0 Å². The largest absolute Gasteiger partial charge is 0.385 e. The lowest BCUT2D eigenvalue weighted by atomic mass is 9.84. The molecule has 3 unspecified atom stereocenters. The monoisotopic (exact) mass is 996 g/mol. The Balaban J connectivity index is 1.67. The third-order valence-electron chi connectivity index (χ3n) is 13.1. The second-order valence-electron chi connectivity index (χ2n) is 17.6. The van der Waals surface area contributed by atoms with Crippen molar-refractivity contribution in [3.8, 4) is 54.6 Å². The van der Waals surface area contributed by atoms with Crippen LogP contribution in [0.4, 0.5) is 0 Å². The van der Waals surface area contributed by atoms with Crippen molar-refractivity contribution in [3.05, 3.63) is 67.2 Å². The molecule has 3 atom stereocenters. The summed E-state index contributed by atoms with van der Waals surface area (Å²) >= 11 is 0. The number of hydrogen-bond acceptors (Lipinski definition) is 22. The number of nitrogens with one attached hydrogen (secondary N) is 3. The molecule has 0 aromatic rings. The maximum atomic E-state index is 10.1. The van der Waals surface area contributed by atoms with Crippen LogP contribution in [0.3, 0.4) is 0 Å². The summed E-state index contributed by atoms with van der Waals surface area (Å²) in [6.45, 7) is 7.83. The van der Waals surface area contributed by atoms with Gasteiger partial charge in [-0.05, 0) is 40.4 Å². The van der Waals surface area contributed by atoms with Crippen molar-refractivity contribution in [1.29, 1.82) is 47.4 Å². The Kier molecular flexibility index (Phi) is 27.6. The minimum Gasteiger partial charge on any atom is -0.385 e. The topological polar surface area (TPSA) is 369 Å². The molecule has 22 nitrogen and oxygen atoms in total. The van der Waals surface area contributed by atoms with Gasteiger partial charge in [0.25, 0.3) is 0 Å². The van der Waals surface area contributed by atoms with Crippen LogP contribution < -0.4 is 33.2 Å². The molecule has 386 valence electrons. The summed E-state index contributed by atoms with van der Waals surface area (Å²) in [4.78, 5) is 8.34. The molecule has 0 radical (unpaired) electrons. The summed E-state index contributed by atoms with van der Waals surface area (Å²) in [5.74, 6) is 0. The SMILES string of the molecule is CN(CCN)C1CC(NCCOCCN(CCOCCNC2=C(C#N)C(=C(C#N)C#N)CC(N(C)CCN)C2)CCOCCNC2=C(C#N)C(=C(C#N)C#N)CC(N(C)CCN)C2)=C(C#N)C(=C(C#N)C#N)C1. The van der Waals surface area contributed by atoms with Crippen LogP contribution in [0, 0.1) is 102 Å². The van der Waals surface area contributed by atoms with E-state index in [1.165, 1.54) is 0 Å². The molecule has 0 bridgehead atoms. The summed E-state index contributed by atoms with van der Waals surface area (Å²) in [5, 5.41) is 98.3. The van der Waals surface area contributed by atoms with E-state index in [-0.39, 0.29) is 34.8 Å². The van der Waals surface area contributed by atoms with E-state index >= 15 is 0 Å². The van der Waals surface area contributed by atoms with Gasteiger partial charge >= 0.3 is 0 Å². The molecule has 3 aliphatic rings. The average Bonchev–Trinajstić information content (AvgIpc) is 3.39. The molecule has 0 aliphatic heterocycles. The number of ether oxygens (including phenoxy) is 3. The summed E-state index contributed by atoms with van der Waals surface area (Å²) in [5.41, 5.74) is 21.3. The van der Waals surface area contributed by atoms with Gasteiger partial charge in [0.2, 0.25) is 0 Å². The van der Waals surface area contributed by atoms with Gasteiger partial charge in [-0.1, -0.05) is 0 Å². The molecule has 0 saturated carbocycles. The molecule has 0 aromatic carbocycles. The Morgan fingerprint density at radius 2 is 0.685 bits per heavy atom. The molecule has 22 heteroatoms. The van der Waals surface area contributed by atoms with Gasteiger partial charge in [-0.25, -0.2) is 0 Å². The van der Waals surface area contributed by atoms with Gasteiger partial charge in [-0.3, -0.25) is 4.90 Å². The van der Waals surface area contributed by atoms with Crippen molar-refractivity contribution in [2.75, 3.05) is 139 Å². The third-order valence-corrected chi connectivity index (χ3v) is 13.1. The van der Waals surface area contributed by atoms with Crippen LogP contribution in [0.1, 0.15) is 38.5 Å². The molecule has 0 amide bonds. The molecule has 0 spiro atoms. The van der Waals surface area contributed by atoms with Crippen molar-refractivity contribution >= 4 is 0 Å². The zero-order valence-corrected chi connectivity index (χ0v) is 42.5. The minimum absolute atomic E-state index is 0.0603. The predicted molar refractivity (Wildman–Crippen MR) is 270 cm³/mol. The highest BCUT2D eigenvalue weighted by Gasteiger charge is 2.32. The van der Waals surface area contributed by atoms with Crippen LogP contribution >= 0.6 is 0 Å². The first kappa shape index (κ1) is 60.2. The van der Waals surface area contributed by atoms with E-state index in [1.807, 2.05) is 57.6 Å². The van der Waals surface area contributed by atoms with E-state index in [2.05, 4.69) is 53.8 Å². The van der Waals surface area contributed by atoms with E-state index in [4.69, 9.17) is 31.4 Å². The third kappa shape index (κ3) is 18.1. The lowest BCUT2D eigenvalue weighted by Crippen LogP contribution is -2.40. The van der Waals surface area contributed by atoms with E-state index in [9.17, 15) is 47.4 Å². The quantitative estimate of drug-likeness (QED) is 0.0424. The first-order valence-electron chi connectivity index (χ1n) is 24.4. The number of allylic oxidation sites excluding steroid dienone is 6. The number of nitriles is 9. The zero-order chi connectivity index (χ0) is 53.5. The minimum atomic E-state index is -0.0836. The highest BCUT2D eigenvalue weighted by atomic mass is 16.5. The number of likely N-dealkylation sites (N-methyl/N-ethyl adjacent to an activating group) is 3. The smallest absolute Gasteiger partial charge is 0.134 e. The standard InChI is InChI=1S/C51H69N19O3/c1-67(10-4-52)40-22-43(37(28-55)29-56)46(34-61)49(25-40)64-7-16-71-19-13-70(14-20-72-17-8-65-50-26-41(68(2)11-5-53)23-44(47(50)35-62)38(30-57)31-58)15-21-73-18-9-66-51-27-42(69(3)12-6-54)24-45(48(51)36-63)39(32-59)33-60/h40-42,64-66H,4-27,52-54H2,1-3H3. The molecule has 9 N–H and O–H groups in total. The second kappa shape index (κ2) is 33.5. The van der Waals surface area contributed by atoms with E-state index in [1.54, 1.807) is 0 Å². The molecule has 3 aliphatic carbocycles. The Hall–Kier alpha value is -7.15. The van der Waals surface area contributed by atoms with E-state index < -0.39 is 0 Å². The molecule has 0 heterocycles. The summed E-state index contributed by atoms with van der Waals surface area (Å²) in [6.07, 6.45) is 2.70. The molecule has 0 saturated heterocycles. The number of nitrogens with two attached hydrogens (primary N) is 3. The maximum absolute atomic E-state index is 10.1. The first-order valence-corrected chi connectivity index (χ1v) is 24.4.